The van der Waals surface area contributed by atoms with Gasteiger partial charge in [-0.05, 0) is 0 Å². The fourth-order valence-corrected chi connectivity index (χ4v) is 0.327. The molecule has 0 spiro atoms. The van der Waals surface area contributed by atoms with Crippen molar-refractivity contribution in [1.82, 2.24) is 10.2 Å². The molecule has 0 aliphatic rings. The first-order valence-corrected chi connectivity index (χ1v) is 2.49. The van der Waals surface area contributed by atoms with Crippen LogP contribution in [0.25, 0.3) is 0 Å². The Hall–Kier alpha value is -1.25. The van der Waals surface area contributed by atoms with Gasteiger partial charge in [0.15, 0.2) is 0 Å². The largest absolute Gasteiger partial charge is 0.376 e. The summed E-state index contributed by atoms with van der Waals surface area (Å²) in [6, 6.07) is 1.20. The summed E-state index contributed by atoms with van der Waals surface area (Å²) < 4.78 is 0. The Bertz CT molecular complexity index is 151. The Morgan fingerprint density at radius 2 is 2.30 bits per heavy atom. The normalized spacial score (nSPS) is 8.10. The second-order valence-corrected chi connectivity index (χ2v) is 1.34. The quantitative estimate of drug-likeness (QED) is 0.250. The van der Waals surface area contributed by atoms with Crippen LogP contribution in [0.4, 0.5) is 4.79 Å². The first-order valence-electron chi connectivity index (χ1n) is 2.49. The van der Waals surface area contributed by atoms with E-state index >= 15 is 0 Å². The summed E-state index contributed by atoms with van der Waals surface area (Å²) in [5, 5.41) is 18.5. The molecule has 0 aromatic carbocycles. The Morgan fingerprint density at radius 1 is 1.70 bits per heavy atom. The van der Waals surface area contributed by atoms with E-state index in [9.17, 15) is 4.79 Å². The lowest BCUT2D eigenvalue weighted by Crippen LogP contribution is -2.37. The van der Waals surface area contributed by atoms with Crippen LogP contribution in [0.3, 0.4) is 0 Å². The van der Waals surface area contributed by atoms with E-state index < -0.39 is 19.5 Å². The number of amides is 2. The molecular formula is C5H8N2O3. The van der Waals surface area contributed by atoms with Gasteiger partial charge in [-0.1, -0.05) is 6.42 Å². The average molecular weight is 144 g/mol. The number of hydrogen-bond donors (Lipinski definition) is 3. The van der Waals surface area contributed by atoms with E-state index in [4.69, 9.17) is 16.6 Å². The highest BCUT2D eigenvalue weighted by Crippen LogP contribution is 1.81. The van der Waals surface area contributed by atoms with Gasteiger partial charge in [0.2, 0.25) is 0 Å². The summed E-state index contributed by atoms with van der Waals surface area (Å²) in [6.07, 6.45) is 4.79. The number of urea groups is 1. The van der Waals surface area contributed by atoms with Crippen molar-refractivity contribution in [2.75, 3.05) is 13.5 Å². The number of carbonyl (C=O) groups excluding carboxylic acids is 1. The van der Waals surface area contributed by atoms with E-state index in [0.29, 0.717) is 4.90 Å². The zero-order valence-corrected chi connectivity index (χ0v) is 5.24. The maximum absolute atomic E-state index is 10.6. The molecule has 3 N–H and O–H groups in total. The summed E-state index contributed by atoms with van der Waals surface area (Å²) in [5.74, 6) is 0. The minimum absolute atomic E-state index is 0.503. The smallest absolute Gasteiger partial charge is 0.332 e. The van der Waals surface area contributed by atoms with E-state index in [-0.39, 0.29) is 0 Å². The molecule has 0 saturated heterocycles. The monoisotopic (exact) mass is 144 g/mol. The highest BCUT2D eigenvalue weighted by molar-refractivity contribution is 5.75. The third-order valence-electron chi connectivity index (χ3n) is 0.773. The van der Waals surface area contributed by atoms with E-state index in [1.807, 2.05) is 11.4 Å². The van der Waals surface area contributed by atoms with Gasteiger partial charge >= 0.3 is 6.03 Å². The molecule has 2 amide bonds. The predicted octanol–water partition coefficient (Wildman–Crippen LogP) is -1.51. The maximum Gasteiger partial charge on any atom is 0.332 e. The standard InChI is InChI=1S/C5H8N2O3/c1-2-7(4-9)5(10)6-3-8/h1,8-9H,3-4H2,(H,6,10). The summed E-state index contributed by atoms with van der Waals surface area (Å²) in [6.45, 7) is -1.07. The number of hydrogen-bond acceptors (Lipinski definition) is 3. The van der Waals surface area contributed by atoms with Gasteiger partial charge in [-0.25, -0.2) is 9.69 Å². The van der Waals surface area contributed by atoms with Crippen LogP contribution in [0.15, 0.2) is 0 Å². The van der Waals surface area contributed by atoms with Gasteiger partial charge in [0, 0.05) is 6.04 Å². The molecule has 0 aromatic rings. The maximum atomic E-state index is 10.6. The zero-order chi connectivity index (χ0) is 7.98. The van der Waals surface area contributed by atoms with Crippen LogP contribution in [-0.4, -0.2) is 34.6 Å². The summed E-state index contributed by atoms with van der Waals surface area (Å²) in [4.78, 5) is 11.2. The zero-order valence-electron chi connectivity index (χ0n) is 5.24. The van der Waals surface area contributed by atoms with Crippen molar-refractivity contribution < 1.29 is 15.0 Å². The number of nitrogens with one attached hydrogen (secondary N) is 1. The van der Waals surface area contributed by atoms with Crippen LogP contribution >= 0.6 is 0 Å². The topological polar surface area (TPSA) is 72.8 Å². The van der Waals surface area contributed by atoms with Crippen LogP contribution in [0.5, 0.6) is 0 Å². The van der Waals surface area contributed by atoms with E-state index in [1.165, 1.54) is 0 Å². The Balaban J connectivity index is 3.80. The summed E-state index contributed by atoms with van der Waals surface area (Å²) in [7, 11) is 0. The molecule has 0 radical (unpaired) electrons. The molecule has 0 fully saturated rings. The van der Waals surface area contributed by atoms with Crippen LogP contribution in [0, 0.1) is 12.5 Å². The molecule has 0 aliphatic heterocycles. The van der Waals surface area contributed by atoms with Crippen molar-refractivity contribution in [3.8, 4) is 12.5 Å². The average Bonchev–Trinajstić information content (AvgIpc) is 1.91. The summed E-state index contributed by atoms with van der Waals surface area (Å²) >= 11 is 0. The molecule has 10 heavy (non-hydrogen) atoms. The first kappa shape index (κ1) is 8.75. The minimum Gasteiger partial charge on any atom is -0.376 e. The second-order valence-electron chi connectivity index (χ2n) is 1.34. The van der Waals surface area contributed by atoms with Crippen LogP contribution in [0.2, 0.25) is 0 Å². The molecule has 0 saturated carbocycles. The molecule has 0 unspecified atom stereocenters. The summed E-state index contributed by atoms with van der Waals surface area (Å²) in [5.41, 5.74) is 0. The minimum atomic E-state index is -0.701. The molecule has 0 rings (SSSR count). The molecule has 0 aromatic heterocycles. The van der Waals surface area contributed by atoms with Gasteiger partial charge in [0.25, 0.3) is 0 Å². The second kappa shape index (κ2) is 4.61. The van der Waals surface area contributed by atoms with Crippen molar-refractivity contribution in [2.24, 2.45) is 0 Å². The van der Waals surface area contributed by atoms with E-state index in [0.717, 1.165) is 0 Å². The molecular weight excluding hydrogens is 136 g/mol. The SMILES string of the molecule is C#CN(CO)C(=O)NCO. The number of aliphatic hydroxyl groups is 2. The lowest BCUT2D eigenvalue weighted by atomic mass is 10.7. The van der Waals surface area contributed by atoms with Gasteiger partial charge in [-0.2, -0.15) is 0 Å². The number of terminal acetylenes is 1. The van der Waals surface area contributed by atoms with Crippen molar-refractivity contribution in [2.45, 2.75) is 0 Å². The third-order valence-corrected chi connectivity index (χ3v) is 0.773. The van der Waals surface area contributed by atoms with Crippen LogP contribution in [-0.2, 0) is 0 Å². The number of nitrogens with zero attached hydrogens (tertiary/aromatic N) is 1. The van der Waals surface area contributed by atoms with Gasteiger partial charge in [0.1, 0.15) is 13.5 Å². The van der Waals surface area contributed by atoms with Crippen molar-refractivity contribution in [3.05, 3.63) is 0 Å². The lowest BCUT2D eigenvalue weighted by Gasteiger charge is -2.10. The molecule has 0 heterocycles. The van der Waals surface area contributed by atoms with Gasteiger partial charge in [-0.3, -0.25) is 0 Å². The van der Waals surface area contributed by atoms with Crippen molar-refractivity contribution in [3.63, 3.8) is 0 Å². The van der Waals surface area contributed by atoms with Gasteiger partial charge in [0.05, 0.1) is 0 Å². The van der Waals surface area contributed by atoms with Crippen LogP contribution in [0.1, 0.15) is 0 Å². The highest BCUT2D eigenvalue weighted by atomic mass is 16.3. The molecule has 56 valence electrons. The molecule has 0 aliphatic carbocycles. The molecule has 5 heteroatoms. The lowest BCUT2D eigenvalue weighted by molar-refractivity contribution is 0.150. The van der Waals surface area contributed by atoms with Gasteiger partial charge in [-0.15, -0.1) is 0 Å². The van der Waals surface area contributed by atoms with E-state index in [2.05, 4.69) is 0 Å². The first-order chi connectivity index (χ1) is 4.76. The van der Waals surface area contributed by atoms with Gasteiger partial charge < -0.3 is 15.5 Å². The fourth-order valence-electron chi connectivity index (χ4n) is 0.327. The molecule has 0 bridgehead atoms. The van der Waals surface area contributed by atoms with E-state index in [1.54, 1.807) is 0 Å². The number of carbonyl (C=O) groups is 1. The van der Waals surface area contributed by atoms with Crippen LogP contribution < -0.4 is 5.32 Å². The number of aliphatic hydroxyl groups excluding tert-OH is 2. The Labute approximate surface area is 58.3 Å². The predicted molar refractivity (Wildman–Crippen MR) is 33.4 cm³/mol. The molecule has 5 nitrogen and oxygen atoms in total. The Morgan fingerprint density at radius 3 is 2.60 bits per heavy atom. The fraction of sp³-hybridized carbons (Fsp3) is 0.400. The van der Waals surface area contributed by atoms with Crippen molar-refractivity contribution in [1.29, 1.82) is 0 Å². The third kappa shape index (κ3) is 2.35. The highest BCUT2D eigenvalue weighted by Gasteiger charge is 2.06. The van der Waals surface area contributed by atoms with Crippen molar-refractivity contribution >= 4 is 6.03 Å². The molecule has 0 atom stereocenters. The number of rotatable bonds is 2. The Kier molecular flexibility index (Phi) is 4.04.